The molecule has 116 valence electrons. The van der Waals surface area contributed by atoms with Crippen LogP contribution < -0.4 is 10.5 Å². The Morgan fingerprint density at radius 3 is 3.05 bits per heavy atom. The van der Waals surface area contributed by atoms with Crippen molar-refractivity contribution in [1.82, 2.24) is 9.88 Å². The largest absolute Gasteiger partial charge is 0.475 e. The summed E-state index contributed by atoms with van der Waals surface area (Å²) in [6, 6.07) is 1.90. The summed E-state index contributed by atoms with van der Waals surface area (Å²) < 4.78 is 10.8. The fourth-order valence-electron chi connectivity index (χ4n) is 2.47. The predicted octanol–water partition coefficient (Wildman–Crippen LogP) is 1.70. The van der Waals surface area contributed by atoms with Crippen LogP contribution in [0.4, 0.5) is 5.69 Å². The van der Waals surface area contributed by atoms with Gasteiger partial charge in [0.05, 0.1) is 18.5 Å². The van der Waals surface area contributed by atoms with Crippen LogP contribution in [-0.4, -0.2) is 48.7 Å². The number of aromatic nitrogens is 1. The monoisotopic (exact) mass is 293 g/mol. The quantitative estimate of drug-likeness (QED) is 0.833. The molecule has 1 aliphatic heterocycles. The van der Waals surface area contributed by atoms with Crippen molar-refractivity contribution in [2.75, 3.05) is 32.5 Å². The number of piperidine rings is 1. The van der Waals surface area contributed by atoms with E-state index in [-0.39, 0.29) is 5.56 Å². The van der Waals surface area contributed by atoms with Gasteiger partial charge < -0.3 is 20.1 Å². The lowest BCUT2D eigenvalue weighted by atomic mass is 10.0. The fourth-order valence-corrected chi connectivity index (χ4v) is 2.47. The first kappa shape index (κ1) is 15.6. The van der Waals surface area contributed by atoms with E-state index in [0.29, 0.717) is 30.8 Å². The number of rotatable bonds is 5. The lowest BCUT2D eigenvalue weighted by Gasteiger charge is -2.32. The topological polar surface area (TPSA) is 77.7 Å². The van der Waals surface area contributed by atoms with Gasteiger partial charge in [-0.05, 0) is 39.4 Å². The highest BCUT2D eigenvalue weighted by Gasteiger charge is 2.22. The van der Waals surface area contributed by atoms with Gasteiger partial charge in [0.25, 0.3) is 0 Å². The third-order valence-corrected chi connectivity index (χ3v) is 3.70. The maximum absolute atomic E-state index is 11.9. The maximum Gasteiger partial charge on any atom is 0.343 e. The number of pyridine rings is 1. The molecule has 0 bridgehead atoms. The number of nitrogen functional groups attached to an aromatic ring is 1. The van der Waals surface area contributed by atoms with Crippen LogP contribution in [0, 0.1) is 0 Å². The number of carbonyl (C=O) groups excluding carboxylic acids is 1. The average molecular weight is 293 g/mol. The molecule has 1 unspecified atom stereocenters. The molecule has 1 aromatic heterocycles. The van der Waals surface area contributed by atoms with Crippen molar-refractivity contribution in [2.24, 2.45) is 0 Å². The second kappa shape index (κ2) is 7.26. The first-order valence-corrected chi connectivity index (χ1v) is 7.37. The number of hydrogen-bond acceptors (Lipinski definition) is 6. The molecule has 0 saturated carbocycles. The molecule has 2 heterocycles. The number of carbonyl (C=O) groups is 1. The number of anilines is 1. The molecule has 0 amide bonds. The minimum Gasteiger partial charge on any atom is -0.475 e. The molecule has 6 heteroatoms. The van der Waals surface area contributed by atoms with Gasteiger partial charge in [0.1, 0.15) is 12.2 Å². The molecule has 0 radical (unpaired) electrons. The van der Waals surface area contributed by atoms with Gasteiger partial charge in [0.2, 0.25) is 5.88 Å². The van der Waals surface area contributed by atoms with E-state index in [2.05, 4.69) is 16.9 Å². The lowest BCUT2D eigenvalue weighted by molar-refractivity contribution is 0.0517. The van der Waals surface area contributed by atoms with Crippen LogP contribution in [0.3, 0.4) is 0 Å². The number of likely N-dealkylation sites (N-methyl/N-ethyl adjacent to an activating group) is 1. The number of hydrogen-bond donors (Lipinski definition) is 1. The van der Waals surface area contributed by atoms with Gasteiger partial charge in [-0.3, -0.25) is 0 Å². The Morgan fingerprint density at radius 1 is 1.52 bits per heavy atom. The summed E-state index contributed by atoms with van der Waals surface area (Å²) in [7, 11) is 2.09. The third-order valence-electron chi connectivity index (χ3n) is 3.70. The Hall–Kier alpha value is -1.82. The Bertz CT molecular complexity index is 493. The number of ether oxygens (including phenoxy) is 2. The standard InChI is InChI=1S/C15H23N3O3/c1-3-20-15(19)13-8-11(16)9-17-14(13)21-10-12-6-4-5-7-18(12)2/h8-9,12H,3-7,10,16H2,1-2H3. The summed E-state index contributed by atoms with van der Waals surface area (Å²) >= 11 is 0. The molecule has 0 spiro atoms. The van der Waals surface area contributed by atoms with Crippen molar-refractivity contribution in [2.45, 2.75) is 32.2 Å². The van der Waals surface area contributed by atoms with E-state index in [4.69, 9.17) is 15.2 Å². The second-order valence-electron chi connectivity index (χ2n) is 5.28. The van der Waals surface area contributed by atoms with Crippen LogP contribution in [0.25, 0.3) is 0 Å². The fraction of sp³-hybridized carbons (Fsp3) is 0.600. The Labute approximate surface area is 125 Å². The van der Waals surface area contributed by atoms with Crippen molar-refractivity contribution in [3.8, 4) is 5.88 Å². The molecule has 1 saturated heterocycles. The smallest absolute Gasteiger partial charge is 0.343 e. The van der Waals surface area contributed by atoms with Gasteiger partial charge in [0, 0.05) is 6.04 Å². The highest BCUT2D eigenvalue weighted by atomic mass is 16.5. The van der Waals surface area contributed by atoms with E-state index >= 15 is 0 Å². The van der Waals surface area contributed by atoms with Crippen LogP contribution in [0.5, 0.6) is 5.88 Å². The van der Waals surface area contributed by atoms with E-state index in [1.165, 1.54) is 19.0 Å². The van der Waals surface area contributed by atoms with Gasteiger partial charge in [-0.25, -0.2) is 9.78 Å². The molecule has 1 fully saturated rings. The van der Waals surface area contributed by atoms with Gasteiger partial charge in [0.15, 0.2) is 0 Å². The van der Waals surface area contributed by atoms with Crippen LogP contribution in [0.2, 0.25) is 0 Å². The van der Waals surface area contributed by atoms with E-state index in [1.807, 2.05) is 0 Å². The van der Waals surface area contributed by atoms with E-state index in [0.717, 1.165) is 13.0 Å². The van der Waals surface area contributed by atoms with Gasteiger partial charge in [-0.2, -0.15) is 0 Å². The first-order valence-electron chi connectivity index (χ1n) is 7.37. The predicted molar refractivity (Wildman–Crippen MR) is 80.4 cm³/mol. The average Bonchev–Trinajstić information content (AvgIpc) is 2.47. The first-order chi connectivity index (χ1) is 10.1. The maximum atomic E-state index is 11.9. The Morgan fingerprint density at radius 2 is 2.33 bits per heavy atom. The van der Waals surface area contributed by atoms with Crippen molar-refractivity contribution in [3.63, 3.8) is 0 Å². The van der Waals surface area contributed by atoms with E-state index in [9.17, 15) is 4.79 Å². The minimum atomic E-state index is -0.454. The van der Waals surface area contributed by atoms with Crippen LogP contribution in [0.15, 0.2) is 12.3 Å². The molecule has 1 aliphatic rings. The Balaban J connectivity index is 2.06. The summed E-state index contributed by atoms with van der Waals surface area (Å²) in [5.41, 5.74) is 6.39. The molecular formula is C15H23N3O3. The summed E-state index contributed by atoms with van der Waals surface area (Å²) in [6.07, 6.45) is 5.02. The molecular weight excluding hydrogens is 270 g/mol. The molecule has 6 nitrogen and oxygen atoms in total. The van der Waals surface area contributed by atoms with Gasteiger partial charge >= 0.3 is 5.97 Å². The summed E-state index contributed by atoms with van der Waals surface area (Å²) in [6.45, 7) is 3.65. The van der Waals surface area contributed by atoms with Crippen molar-refractivity contribution in [3.05, 3.63) is 17.8 Å². The van der Waals surface area contributed by atoms with Crippen molar-refractivity contribution < 1.29 is 14.3 Å². The zero-order valence-electron chi connectivity index (χ0n) is 12.7. The van der Waals surface area contributed by atoms with Crippen LogP contribution in [0.1, 0.15) is 36.5 Å². The molecule has 2 rings (SSSR count). The normalized spacial score (nSPS) is 19.2. The summed E-state index contributed by atoms with van der Waals surface area (Å²) in [5.74, 6) is -0.161. The number of esters is 1. The third kappa shape index (κ3) is 4.07. The van der Waals surface area contributed by atoms with Gasteiger partial charge in [-0.1, -0.05) is 6.42 Å². The van der Waals surface area contributed by atoms with Crippen molar-refractivity contribution in [1.29, 1.82) is 0 Å². The highest BCUT2D eigenvalue weighted by molar-refractivity contribution is 5.92. The van der Waals surface area contributed by atoms with Crippen LogP contribution in [-0.2, 0) is 4.74 Å². The summed E-state index contributed by atoms with van der Waals surface area (Å²) in [5, 5.41) is 0. The lowest BCUT2D eigenvalue weighted by Crippen LogP contribution is -2.40. The van der Waals surface area contributed by atoms with Crippen LogP contribution >= 0.6 is 0 Å². The highest BCUT2D eigenvalue weighted by Crippen LogP contribution is 2.21. The van der Waals surface area contributed by atoms with Gasteiger partial charge in [-0.15, -0.1) is 0 Å². The molecule has 0 aromatic carbocycles. The number of likely N-dealkylation sites (tertiary alicyclic amines) is 1. The summed E-state index contributed by atoms with van der Waals surface area (Å²) in [4.78, 5) is 18.3. The Kier molecular flexibility index (Phi) is 5.38. The molecule has 2 N–H and O–H groups in total. The minimum absolute atomic E-state index is 0.287. The van der Waals surface area contributed by atoms with Crippen molar-refractivity contribution >= 4 is 11.7 Å². The molecule has 1 aromatic rings. The second-order valence-corrected chi connectivity index (χ2v) is 5.28. The zero-order valence-corrected chi connectivity index (χ0v) is 12.7. The van der Waals surface area contributed by atoms with E-state index < -0.39 is 5.97 Å². The number of nitrogens with zero attached hydrogens (tertiary/aromatic N) is 2. The zero-order chi connectivity index (χ0) is 15.2. The number of nitrogens with two attached hydrogens (primary N) is 1. The van der Waals surface area contributed by atoms with E-state index in [1.54, 1.807) is 13.0 Å². The molecule has 0 aliphatic carbocycles. The SMILES string of the molecule is CCOC(=O)c1cc(N)cnc1OCC1CCCCN1C. The molecule has 1 atom stereocenters. The molecule has 21 heavy (non-hydrogen) atoms.